The minimum absolute atomic E-state index is 0.0224. The summed E-state index contributed by atoms with van der Waals surface area (Å²) in [5.74, 6) is -1.60. The van der Waals surface area contributed by atoms with E-state index >= 15 is 0 Å². The highest BCUT2D eigenvalue weighted by molar-refractivity contribution is 6.09. The molecule has 4 rings (SSSR count). The van der Waals surface area contributed by atoms with Gasteiger partial charge >= 0.3 is 0 Å². The van der Waals surface area contributed by atoms with Gasteiger partial charge in [0.25, 0.3) is 11.6 Å². The number of non-ortho nitro benzene ring substituents is 1. The van der Waals surface area contributed by atoms with Gasteiger partial charge in [0.1, 0.15) is 0 Å². The molecule has 2 aliphatic rings. The molecular formula is C17H12N2O5. The van der Waals surface area contributed by atoms with E-state index in [0.29, 0.717) is 16.8 Å². The van der Waals surface area contributed by atoms with Crippen molar-refractivity contribution in [3.63, 3.8) is 0 Å². The van der Waals surface area contributed by atoms with Gasteiger partial charge in [-0.1, -0.05) is 24.3 Å². The zero-order valence-corrected chi connectivity index (χ0v) is 12.4. The number of aliphatic hydroxyl groups is 1. The summed E-state index contributed by atoms with van der Waals surface area (Å²) in [7, 11) is 0. The summed E-state index contributed by atoms with van der Waals surface area (Å²) in [4.78, 5) is 35.2. The van der Waals surface area contributed by atoms with Gasteiger partial charge in [0, 0.05) is 41.3 Å². The Morgan fingerprint density at radius 1 is 1.21 bits per heavy atom. The Labute approximate surface area is 136 Å². The first-order chi connectivity index (χ1) is 11.4. The van der Waals surface area contributed by atoms with E-state index in [9.17, 15) is 24.8 Å². The van der Waals surface area contributed by atoms with E-state index in [0.717, 1.165) is 0 Å². The predicted molar refractivity (Wildman–Crippen MR) is 83.8 cm³/mol. The van der Waals surface area contributed by atoms with Crippen LogP contribution in [0.3, 0.4) is 0 Å². The molecule has 0 fully saturated rings. The Morgan fingerprint density at radius 3 is 2.71 bits per heavy atom. The lowest BCUT2D eigenvalue weighted by Gasteiger charge is -2.28. The number of nitro groups is 1. The molecule has 2 aromatic rings. The maximum Gasteiger partial charge on any atom is 0.269 e. The maximum absolute atomic E-state index is 12.5. The quantitative estimate of drug-likeness (QED) is 0.649. The second kappa shape index (κ2) is 4.72. The van der Waals surface area contributed by atoms with E-state index in [1.165, 1.54) is 18.2 Å². The zero-order chi connectivity index (χ0) is 17.1. The molecule has 24 heavy (non-hydrogen) atoms. The van der Waals surface area contributed by atoms with Crippen molar-refractivity contribution >= 4 is 23.1 Å². The molecule has 1 amide bonds. The molecular weight excluding hydrogens is 312 g/mol. The first-order valence-electron chi connectivity index (χ1n) is 7.38. The fourth-order valence-electron chi connectivity index (χ4n) is 3.59. The molecule has 0 bridgehead atoms. The Hall–Kier alpha value is -3.06. The first-order valence-corrected chi connectivity index (χ1v) is 7.38. The normalized spacial score (nSPS) is 24.5. The average Bonchev–Trinajstić information content (AvgIpc) is 3.04. The van der Waals surface area contributed by atoms with Gasteiger partial charge in [-0.2, -0.15) is 0 Å². The van der Waals surface area contributed by atoms with Crippen LogP contribution in [0.2, 0.25) is 0 Å². The SMILES string of the molecule is O=C1C[C@@H]([C@@]2(O)C(=O)Nc3ccc([N+](=O)[O-])cc32)c2ccccc21. The number of fused-ring (bicyclic) bond motifs is 2. The summed E-state index contributed by atoms with van der Waals surface area (Å²) in [6, 6.07) is 10.7. The number of hydrogen-bond donors (Lipinski definition) is 2. The number of anilines is 1. The molecule has 1 heterocycles. The Kier molecular flexibility index (Phi) is 2.86. The Morgan fingerprint density at radius 2 is 1.96 bits per heavy atom. The van der Waals surface area contributed by atoms with E-state index in [2.05, 4.69) is 5.32 Å². The summed E-state index contributed by atoms with van der Waals surface area (Å²) in [6.07, 6.45) is -0.0224. The second-order valence-corrected chi connectivity index (χ2v) is 5.97. The van der Waals surface area contributed by atoms with E-state index in [-0.39, 0.29) is 23.5 Å². The molecule has 0 spiro atoms. The lowest BCUT2D eigenvalue weighted by Crippen LogP contribution is -2.39. The van der Waals surface area contributed by atoms with Crippen LogP contribution in [0.5, 0.6) is 0 Å². The number of benzene rings is 2. The van der Waals surface area contributed by atoms with Gasteiger partial charge in [-0.3, -0.25) is 19.7 Å². The van der Waals surface area contributed by atoms with Gasteiger partial charge in [-0.15, -0.1) is 0 Å². The number of nitro benzene ring substituents is 1. The number of rotatable bonds is 2. The first kappa shape index (κ1) is 14.5. The number of carbonyl (C=O) groups is 2. The van der Waals surface area contributed by atoms with Crippen molar-refractivity contribution in [2.75, 3.05) is 5.32 Å². The number of amides is 1. The van der Waals surface area contributed by atoms with Crippen molar-refractivity contribution in [1.82, 2.24) is 0 Å². The van der Waals surface area contributed by atoms with Crippen LogP contribution in [-0.4, -0.2) is 21.7 Å². The van der Waals surface area contributed by atoms with Gasteiger partial charge in [0.2, 0.25) is 0 Å². The molecule has 120 valence electrons. The minimum Gasteiger partial charge on any atom is -0.375 e. The van der Waals surface area contributed by atoms with Crippen LogP contribution in [-0.2, 0) is 10.4 Å². The van der Waals surface area contributed by atoms with Crippen LogP contribution in [0.15, 0.2) is 42.5 Å². The summed E-state index contributed by atoms with van der Waals surface area (Å²) in [5, 5.41) is 24.8. The topological polar surface area (TPSA) is 110 Å². The lowest BCUT2D eigenvalue weighted by atomic mass is 9.78. The zero-order valence-electron chi connectivity index (χ0n) is 12.4. The molecule has 1 aliphatic carbocycles. The molecule has 0 radical (unpaired) electrons. The highest BCUT2D eigenvalue weighted by Gasteiger charge is 2.55. The number of carbonyl (C=O) groups excluding carboxylic acids is 2. The third kappa shape index (κ3) is 1.75. The third-order valence-corrected chi connectivity index (χ3v) is 4.75. The van der Waals surface area contributed by atoms with Gasteiger partial charge in [-0.25, -0.2) is 0 Å². The largest absolute Gasteiger partial charge is 0.375 e. The van der Waals surface area contributed by atoms with Crippen molar-refractivity contribution in [2.45, 2.75) is 17.9 Å². The maximum atomic E-state index is 12.5. The molecule has 7 heteroatoms. The second-order valence-electron chi connectivity index (χ2n) is 5.97. The average molecular weight is 324 g/mol. The summed E-state index contributed by atoms with van der Waals surface area (Å²) >= 11 is 0. The highest BCUT2D eigenvalue weighted by atomic mass is 16.6. The number of ketones is 1. The van der Waals surface area contributed by atoms with E-state index in [1.807, 2.05) is 0 Å². The van der Waals surface area contributed by atoms with Crippen LogP contribution < -0.4 is 5.32 Å². The number of Topliss-reactive ketones (excluding diaryl/α,β-unsaturated/α-hetero) is 1. The number of hydrogen-bond acceptors (Lipinski definition) is 5. The molecule has 0 aromatic heterocycles. The minimum atomic E-state index is -2.01. The smallest absolute Gasteiger partial charge is 0.269 e. The van der Waals surface area contributed by atoms with E-state index < -0.39 is 22.3 Å². The van der Waals surface area contributed by atoms with Gasteiger partial charge in [0.15, 0.2) is 11.4 Å². The van der Waals surface area contributed by atoms with Crippen molar-refractivity contribution in [3.05, 3.63) is 69.3 Å². The molecule has 0 saturated carbocycles. The molecule has 0 saturated heterocycles. The lowest BCUT2D eigenvalue weighted by molar-refractivity contribution is -0.385. The van der Waals surface area contributed by atoms with Crippen LogP contribution in [0.1, 0.15) is 33.8 Å². The summed E-state index contributed by atoms with van der Waals surface area (Å²) < 4.78 is 0. The third-order valence-electron chi connectivity index (χ3n) is 4.75. The van der Waals surface area contributed by atoms with Crippen molar-refractivity contribution in [2.24, 2.45) is 0 Å². The summed E-state index contributed by atoms with van der Waals surface area (Å²) in [6.45, 7) is 0. The van der Waals surface area contributed by atoms with Crippen molar-refractivity contribution in [1.29, 1.82) is 0 Å². The predicted octanol–water partition coefficient (Wildman–Crippen LogP) is 2.10. The summed E-state index contributed by atoms with van der Waals surface area (Å²) in [5.41, 5.74) is -0.714. The van der Waals surface area contributed by atoms with Gasteiger partial charge in [0.05, 0.1) is 4.92 Å². The highest BCUT2D eigenvalue weighted by Crippen LogP contribution is 2.51. The van der Waals surface area contributed by atoms with Crippen molar-refractivity contribution < 1.29 is 19.6 Å². The molecule has 1 aliphatic heterocycles. The number of nitrogens with zero attached hydrogens (tertiary/aromatic N) is 1. The molecule has 0 unspecified atom stereocenters. The molecule has 7 nitrogen and oxygen atoms in total. The van der Waals surface area contributed by atoms with E-state index in [1.54, 1.807) is 24.3 Å². The Bertz CT molecular complexity index is 923. The van der Waals surface area contributed by atoms with Crippen LogP contribution in [0, 0.1) is 10.1 Å². The molecule has 2 atom stereocenters. The Balaban J connectivity index is 1.91. The van der Waals surface area contributed by atoms with Gasteiger partial charge in [-0.05, 0) is 11.6 Å². The van der Waals surface area contributed by atoms with Crippen LogP contribution >= 0.6 is 0 Å². The number of nitrogens with one attached hydrogen (secondary N) is 1. The fourth-order valence-corrected chi connectivity index (χ4v) is 3.59. The molecule has 2 N–H and O–H groups in total. The van der Waals surface area contributed by atoms with Gasteiger partial charge < -0.3 is 10.4 Å². The van der Waals surface area contributed by atoms with Crippen LogP contribution in [0.4, 0.5) is 11.4 Å². The van der Waals surface area contributed by atoms with Crippen molar-refractivity contribution in [3.8, 4) is 0 Å². The molecule has 2 aromatic carbocycles. The van der Waals surface area contributed by atoms with Crippen LogP contribution in [0.25, 0.3) is 0 Å². The van der Waals surface area contributed by atoms with E-state index in [4.69, 9.17) is 0 Å². The fraction of sp³-hybridized carbons (Fsp3) is 0.176. The standard InChI is InChI=1S/C17H12N2O5/c20-15-8-12(10-3-1-2-4-11(10)15)17(22)13-7-9(19(23)24)5-6-14(13)18-16(17)21/h1-7,12,22H,8H2,(H,18,21)/t12-,17+/m1/s1. The monoisotopic (exact) mass is 324 g/mol.